The highest BCUT2D eigenvalue weighted by molar-refractivity contribution is 5.78. The molecule has 0 saturated heterocycles. The van der Waals surface area contributed by atoms with Gasteiger partial charge in [-0.2, -0.15) is 5.26 Å². The topological polar surface area (TPSA) is 61.1 Å². The molecular formula is C7H11NO2. The van der Waals surface area contributed by atoms with E-state index in [1.54, 1.807) is 0 Å². The van der Waals surface area contributed by atoms with Crippen LogP contribution in [0.2, 0.25) is 0 Å². The molecular weight excluding hydrogens is 130 g/mol. The van der Waals surface area contributed by atoms with Crippen LogP contribution in [-0.4, -0.2) is 11.1 Å². The molecule has 0 aromatic carbocycles. The average Bonchev–Trinajstić information content (AvgIpc) is 1.91. The molecule has 0 aliphatic heterocycles. The molecule has 0 atom stereocenters. The van der Waals surface area contributed by atoms with Crippen LogP contribution < -0.4 is 0 Å². The van der Waals surface area contributed by atoms with Crippen molar-refractivity contribution in [3.63, 3.8) is 0 Å². The fraction of sp³-hybridized carbons (Fsp3) is 0.429. The summed E-state index contributed by atoms with van der Waals surface area (Å²) in [5.41, 5.74) is 0. The Kier molecular flexibility index (Phi) is 12.2. The number of carboxylic acid groups (broad SMARTS) is 1. The quantitative estimate of drug-likeness (QED) is 0.593. The second kappa shape index (κ2) is 10.6. The van der Waals surface area contributed by atoms with Gasteiger partial charge in [-0.3, -0.25) is 0 Å². The number of nitriles is 1. The molecule has 0 rings (SSSR count). The standard InChI is InChI=1S/C4H7N.C3H4O2/c1-2-3-4-5;1-2-3(4)5/h2-3H2,1H3;2H,1H2,(H,4,5). The van der Waals surface area contributed by atoms with Gasteiger partial charge in [-0.15, -0.1) is 0 Å². The van der Waals surface area contributed by atoms with Crippen molar-refractivity contribution in [2.45, 2.75) is 19.8 Å². The normalized spacial score (nSPS) is 6.40. The zero-order valence-electron chi connectivity index (χ0n) is 6.00. The van der Waals surface area contributed by atoms with Gasteiger partial charge in [0.15, 0.2) is 0 Å². The van der Waals surface area contributed by atoms with Gasteiger partial charge in [0.05, 0.1) is 6.07 Å². The molecule has 3 heteroatoms. The molecule has 0 amide bonds. The summed E-state index contributed by atoms with van der Waals surface area (Å²) in [6.45, 7) is 4.95. The second-order valence-electron chi connectivity index (χ2n) is 1.45. The van der Waals surface area contributed by atoms with E-state index in [0.29, 0.717) is 6.42 Å². The maximum absolute atomic E-state index is 9.25. The molecule has 0 aromatic heterocycles. The van der Waals surface area contributed by atoms with Crippen LogP contribution in [0.3, 0.4) is 0 Å². The minimum absolute atomic E-state index is 0.694. The van der Waals surface area contributed by atoms with Crippen LogP contribution in [0.5, 0.6) is 0 Å². The molecule has 0 fully saturated rings. The lowest BCUT2D eigenvalue weighted by Crippen LogP contribution is -1.82. The van der Waals surface area contributed by atoms with E-state index in [-0.39, 0.29) is 0 Å². The third-order valence-electron chi connectivity index (χ3n) is 0.536. The summed E-state index contributed by atoms with van der Waals surface area (Å²) >= 11 is 0. The predicted octanol–water partition coefficient (Wildman–Crippen LogP) is 1.57. The summed E-state index contributed by atoms with van der Waals surface area (Å²) in [5.74, 6) is -0.981. The lowest BCUT2D eigenvalue weighted by atomic mass is 10.4. The van der Waals surface area contributed by atoms with E-state index in [0.717, 1.165) is 12.5 Å². The Bertz CT molecular complexity index is 135. The van der Waals surface area contributed by atoms with Crippen molar-refractivity contribution in [2.24, 2.45) is 0 Å². The maximum Gasteiger partial charge on any atom is 0.327 e. The molecule has 0 aliphatic carbocycles. The van der Waals surface area contributed by atoms with Gasteiger partial charge in [0, 0.05) is 12.5 Å². The summed E-state index contributed by atoms with van der Waals surface area (Å²) in [5, 5.41) is 15.4. The maximum atomic E-state index is 9.25. The monoisotopic (exact) mass is 141 g/mol. The fourth-order valence-electron chi connectivity index (χ4n) is 0.112. The lowest BCUT2D eigenvalue weighted by Gasteiger charge is -1.65. The van der Waals surface area contributed by atoms with Crippen molar-refractivity contribution in [2.75, 3.05) is 0 Å². The number of rotatable bonds is 2. The third-order valence-corrected chi connectivity index (χ3v) is 0.536. The van der Waals surface area contributed by atoms with E-state index in [9.17, 15) is 4.79 Å². The van der Waals surface area contributed by atoms with Gasteiger partial charge in [0.25, 0.3) is 0 Å². The Morgan fingerprint density at radius 2 is 2.30 bits per heavy atom. The number of hydrogen-bond donors (Lipinski definition) is 1. The highest BCUT2D eigenvalue weighted by atomic mass is 16.4. The molecule has 0 spiro atoms. The highest BCUT2D eigenvalue weighted by Gasteiger charge is 1.73. The second-order valence-corrected chi connectivity index (χ2v) is 1.45. The summed E-state index contributed by atoms with van der Waals surface area (Å²) in [4.78, 5) is 9.25. The number of hydrogen-bond acceptors (Lipinski definition) is 2. The van der Waals surface area contributed by atoms with Crippen molar-refractivity contribution in [3.05, 3.63) is 12.7 Å². The first kappa shape index (κ1) is 11.5. The first-order valence-electron chi connectivity index (χ1n) is 2.91. The summed E-state index contributed by atoms with van der Waals surface area (Å²) < 4.78 is 0. The first-order chi connectivity index (χ1) is 4.68. The number of aliphatic carboxylic acids is 1. The number of carbonyl (C=O) groups is 1. The molecule has 10 heavy (non-hydrogen) atoms. The smallest absolute Gasteiger partial charge is 0.327 e. The Morgan fingerprint density at radius 1 is 1.90 bits per heavy atom. The largest absolute Gasteiger partial charge is 0.478 e. The molecule has 0 aromatic rings. The van der Waals surface area contributed by atoms with Gasteiger partial charge in [0.1, 0.15) is 0 Å². The average molecular weight is 141 g/mol. The Balaban J connectivity index is 0. The first-order valence-corrected chi connectivity index (χ1v) is 2.91. The molecule has 0 radical (unpaired) electrons. The molecule has 0 unspecified atom stereocenters. The third kappa shape index (κ3) is 29.9. The minimum Gasteiger partial charge on any atom is -0.478 e. The molecule has 0 heterocycles. The van der Waals surface area contributed by atoms with E-state index < -0.39 is 5.97 Å². The van der Waals surface area contributed by atoms with Crippen molar-refractivity contribution in [1.82, 2.24) is 0 Å². The number of carboxylic acids is 1. The van der Waals surface area contributed by atoms with E-state index >= 15 is 0 Å². The molecule has 1 N–H and O–H groups in total. The van der Waals surface area contributed by atoms with Gasteiger partial charge >= 0.3 is 5.97 Å². The van der Waals surface area contributed by atoms with Crippen LogP contribution in [0.25, 0.3) is 0 Å². The van der Waals surface area contributed by atoms with Gasteiger partial charge < -0.3 is 5.11 Å². The van der Waals surface area contributed by atoms with Crippen LogP contribution in [0.1, 0.15) is 19.8 Å². The van der Waals surface area contributed by atoms with E-state index in [1.165, 1.54) is 0 Å². The van der Waals surface area contributed by atoms with Crippen LogP contribution >= 0.6 is 0 Å². The fourth-order valence-corrected chi connectivity index (χ4v) is 0.112. The van der Waals surface area contributed by atoms with Crippen LogP contribution in [0.4, 0.5) is 0 Å². The molecule has 0 bridgehead atoms. The molecule has 0 aliphatic rings. The summed E-state index contributed by atoms with van der Waals surface area (Å²) in [6, 6.07) is 2.02. The Hall–Kier alpha value is -1.30. The van der Waals surface area contributed by atoms with Crippen molar-refractivity contribution >= 4 is 5.97 Å². The SMILES string of the molecule is C=CC(=O)O.CCCC#N. The van der Waals surface area contributed by atoms with Crippen LogP contribution in [0, 0.1) is 11.3 Å². The van der Waals surface area contributed by atoms with E-state index in [2.05, 4.69) is 6.58 Å². The minimum atomic E-state index is -0.981. The van der Waals surface area contributed by atoms with Gasteiger partial charge in [-0.25, -0.2) is 4.79 Å². The zero-order chi connectivity index (χ0) is 8.41. The molecule has 56 valence electrons. The number of unbranched alkanes of at least 4 members (excludes halogenated alkanes) is 1. The Labute approximate surface area is 60.6 Å². The molecule has 0 saturated carbocycles. The van der Waals surface area contributed by atoms with Crippen molar-refractivity contribution in [1.29, 1.82) is 5.26 Å². The molecule has 3 nitrogen and oxygen atoms in total. The van der Waals surface area contributed by atoms with Crippen molar-refractivity contribution in [3.8, 4) is 6.07 Å². The highest BCUT2D eigenvalue weighted by Crippen LogP contribution is 1.77. The van der Waals surface area contributed by atoms with Crippen LogP contribution in [0.15, 0.2) is 12.7 Å². The van der Waals surface area contributed by atoms with E-state index in [1.807, 2.05) is 13.0 Å². The number of nitrogens with zero attached hydrogens (tertiary/aromatic N) is 1. The van der Waals surface area contributed by atoms with Crippen molar-refractivity contribution < 1.29 is 9.90 Å². The van der Waals surface area contributed by atoms with Gasteiger partial charge in [-0.05, 0) is 6.42 Å². The lowest BCUT2D eigenvalue weighted by molar-refractivity contribution is -0.131. The predicted molar refractivity (Wildman–Crippen MR) is 38.4 cm³/mol. The summed E-state index contributed by atoms with van der Waals surface area (Å²) in [7, 11) is 0. The summed E-state index contributed by atoms with van der Waals surface area (Å²) in [6.07, 6.45) is 2.51. The van der Waals surface area contributed by atoms with Gasteiger partial charge in [0.2, 0.25) is 0 Å². The van der Waals surface area contributed by atoms with E-state index in [4.69, 9.17) is 10.4 Å². The van der Waals surface area contributed by atoms with Gasteiger partial charge in [-0.1, -0.05) is 13.5 Å². The van der Waals surface area contributed by atoms with Crippen LogP contribution in [-0.2, 0) is 4.79 Å². The zero-order valence-corrected chi connectivity index (χ0v) is 6.00. The Morgan fingerprint density at radius 3 is 2.30 bits per heavy atom.